The van der Waals surface area contributed by atoms with E-state index in [4.69, 9.17) is 10.2 Å². The van der Waals surface area contributed by atoms with Gasteiger partial charge in [0.2, 0.25) is 5.78 Å². The Kier molecular flexibility index (Phi) is 3.18. The molecule has 0 saturated carbocycles. The van der Waals surface area contributed by atoms with Crippen molar-refractivity contribution in [2.45, 2.75) is 25.7 Å². The molecule has 2 aromatic carbocycles. The molecule has 4 rings (SSSR count). The maximum absolute atomic E-state index is 13.9. The van der Waals surface area contributed by atoms with Gasteiger partial charge in [0.15, 0.2) is 5.76 Å². The van der Waals surface area contributed by atoms with E-state index >= 15 is 0 Å². The molecule has 0 saturated heterocycles. The first-order valence-electron chi connectivity index (χ1n) is 7.78. The lowest BCUT2D eigenvalue weighted by Crippen LogP contribution is -2.05. The van der Waals surface area contributed by atoms with Crippen molar-refractivity contribution in [1.29, 1.82) is 0 Å². The van der Waals surface area contributed by atoms with Crippen LogP contribution in [0.1, 0.15) is 40.1 Å². The van der Waals surface area contributed by atoms with Crippen LogP contribution in [-0.4, -0.2) is 5.78 Å². The van der Waals surface area contributed by atoms with Crippen molar-refractivity contribution >= 4 is 22.4 Å². The first-order chi connectivity index (χ1) is 11.1. The Labute approximate surface area is 132 Å². The second-order valence-electron chi connectivity index (χ2n) is 5.98. The van der Waals surface area contributed by atoms with Crippen LogP contribution in [0.5, 0.6) is 0 Å². The predicted octanol–water partition coefficient (Wildman–Crippen LogP) is 4.26. The van der Waals surface area contributed by atoms with Crippen LogP contribution in [0, 0.1) is 5.82 Å². The number of nitrogens with two attached hydrogens (primary N) is 1. The number of carbonyl (C=O) groups excluding carboxylic acids is 1. The van der Waals surface area contributed by atoms with Crippen LogP contribution in [0.2, 0.25) is 0 Å². The summed E-state index contributed by atoms with van der Waals surface area (Å²) in [6.07, 6.45) is 4.36. The Morgan fingerprint density at radius 2 is 1.78 bits per heavy atom. The molecule has 0 amide bonds. The minimum Gasteiger partial charge on any atom is -0.450 e. The molecular formula is C19H16FNO2. The first kappa shape index (κ1) is 14.0. The van der Waals surface area contributed by atoms with Crippen LogP contribution in [-0.2, 0) is 12.8 Å². The lowest BCUT2D eigenvalue weighted by molar-refractivity contribution is 0.101. The molecule has 116 valence electrons. The molecule has 0 unspecified atom stereocenters. The van der Waals surface area contributed by atoms with Gasteiger partial charge in [-0.05, 0) is 61.1 Å². The van der Waals surface area contributed by atoms with Crippen molar-refractivity contribution in [3.63, 3.8) is 0 Å². The summed E-state index contributed by atoms with van der Waals surface area (Å²) in [6.45, 7) is 0. The molecule has 1 aliphatic carbocycles. The van der Waals surface area contributed by atoms with Crippen molar-refractivity contribution in [1.82, 2.24) is 0 Å². The summed E-state index contributed by atoms with van der Waals surface area (Å²) in [6, 6.07) is 9.84. The van der Waals surface area contributed by atoms with Gasteiger partial charge in [0.05, 0.1) is 11.3 Å². The van der Waals surface area contributed by atoms with Gasteiger partial charge in [-0.1, -0.05) is 12.1 Å². The fraction of sp³-hybridized carbons (Fsp3) is 0.211. The van der Waals surface area contributed by atoms with E-state index in [0.29, 0.717) is 11.3 Å². The highest BCUT2D eigenvalue weighted by molar-refractivity contribution is 6.14. The highest BCUT2D eigenvalue weighted by Gasteiger charge is 2.23. The third kappa shape index (κ3) is 2.22. The Morgan fingerprint density at radius 1 is 1.09 bits per heavy atom. The van der Waals surface area contributed by atoms with E-state index in [1.165, 1.54) is 23.3 Å². The number of aryl methyl sites for hydroxylation is 2. The van der Waals surface area contributed by atoms with Crippen LogP contribution in [0.15, 0.2) is 40.8 Å². The molecule has 0 aliphatic heterocycles. The fourth-order valence-corrected chi connectivity index (χ4v) is 3.28. The second kappa shape index (κ2) is 5.23. The molecule has 3 aromatic rings. The largest absolute Gasteiger partial charge is 0.450 e. The molecule has 2 N–H and O–H groups in total. The van der Waals surface area contributed by atoms with Gasteiger partial charge in [-0.3, -0.25) is 4.79 Å². The third-order valence-electron chi connectivity index (χ3n) is 4.52. The molecule has 1 aliphatic rings. The summed E-state index contributed by atoms with van der Waals surface area (Å²) in [4.78, 5) is 12.6. The highest BCUT2D eigenvalue weighted by Crippen LogP contribution is 2.34. The molecule has 0 bridgehead atoms. The molecular weight excluding hydrogens is 293 g/mol. The molecule has 4 heteroatoms. The van der Waals surface area contributed by atoms with Crippen LogP contribution in [0.4, 0.5) is 10.1 Å². The van der Waals surface area contributed by atoms with Gasteiger partial charge in [-0.15, -0.1) is 0 Å². The number of fused-ring (bicyclic) bond motifs is 2. The number of hydrogen-bond donors (Lipinski definition) is 1. The van der Waals surface area contributed by atoms with Crippen LogP contribution < -0.4 is 5.73 Å². The van der Waals surface area contributed by atoms with Crippen molar-refractivity contribution in [3.8, 4) is 0 Å². The summed E-state index contributed by atoms with van der Waals surface area (Å²) in [5.74, 6) is -1.07. The third-order valence-corrected chi connectivity index (χ3v) is 4.52. The average molecular weight is 309 g/mol. The highest BCUT2D eigenvalue weighted by atomic mass is 19.1. The molecule has 0 atom stereocenters. The minimum atomic E-state index is -0.573. The number of nitrogen functional groups attached to an aromatic ring is 1. The van der Waals surface area contributed by atoms with E-state index in [2.05, 4.69) is 0 Å². The summed E-state index contributed by atoms with van der Waals surface area (Å²) in [5, 5.41) is 0.741. The summed E-state index contributed by atoms with van der Waals surface area (Å²) >= 11 is 0. The molecule has 0 radical (unpaired) electrons. The van der Waals surface area contributed by atoms with Gasteiger partial charge < -0.3 is 10.2 Å². The van der Waals surface area contributed by atoms with Gasteiger partial charge in [0.1, 0.15) is 11.4 Å². The number of benzene rings is 2. The van der Waals surface area contributed by atoms with Gasteiger partial charge in [0, 0.05) is 5.39 Å². The molecule has 0 spiro atoms. The summed E-state index contributed by atoms with van der Waals surface area (Å²) < 4.78 is 19.6. The van der Waals surface area contributed by atoms with Crippen molar-refractivity contribution in [2.75, 3.05) is 5.73 Å². The van der Waals surface area contributed by atoms with Crippen LogP contribution in [0.25, 0.3) is 11.0 Å². The number of hydrogen-bond acceptors (Lipinski definition) is 3. The number of ketones is 1. The summed E-state index contributed by atoms with van der Waals surface area (Å²) in [5.41, 5.74) is 9.51. The van der Waals surface area contributed by atoms with Crippen molar-refractivity contribution in [2.24, 2.45) is 0 Å². The van der Waals surface area contributed by atoms with E-state index in [-0.39, 0.29) is 11.3 Å². The van der Waals surface area contributed by atoms with E-state index in [9.17, 15) is 9.18 Å². The lowest BCUT2D eigenvalue weighted by Gasteiger charge is -2.14. The Morgan fingerprint density at radius 3 is 2.52 bits per heavy atom. The van der Waals surface area contributed by atoms with E-state index in [1.54, 1.807) is 12.1 Å². The number of furan rings is 1. The molecule has 0 fully saturated rings. The first-order valence-corrected chi connectivity index (χ1v) is 7.78. The number of halogens is 1. The molecule has 23 heavy (non-hydrogen) atoms. The summed E-state index contributed by atoms with van der Waals surface area (Å²) in [7, 11) is 0. The van der Waals surface area contributed by atoms with Crippen molar-refractivity contribution in [3.05, 3.63) is 64.7 Å². The maximum Gasteiger partial charge on any atom is 0.233 e. The van der Waals surface area contributed by atoms with E-state index in [0.717, 1.165) is 31.1 Å². The van der Waals surface area contributed by atoms with Gasteiger partial charge in [-0.2, -0.15) is 0 Å². The molecule has 1 aromatic heterocycles. The minimum absolute atomic E-state index is 0.0208. The normalized spacial score (nSPS) is 14.0. The number of anilines is 1. The Hall–Kier alpha value is -2.62. The van der Waals surface area contributed by atoms with E-state index in [1.807, 2.05) is 12.1 Å². The van der Waals surface area contributed by atoms with Crippen molar-refractivity contribution < 1.29 is 13.6 Å². The van der Waals surface area contributed by atoms with Gasteiger partial charge in [-0.25, -0.2) is 4.39 Å². The number of rotatable bonds is 2. The second-order valence-corrected chi connectivity index (χ2v) is 5.98. The Balaban J connectivity index is 1.86. The molecule has 3 nitrogen and oxygen atoms in total. The lowest BCUT2D eigenvalue weighted by atomic mass is 9.90. The average Bonchev–Trinajstić information content (AvgIpc) is 2.89. The fourth-order valence-electron chi connectivity index (χ4n) is 3.28. The van der Waals surface area contributed by atoms with Gasteiger partial charge in [0.25, 0.3) is 0 Å². The van der Waals surface area contributed by atoms with Crippen LogP contribution >= 0.6 is 0 Å². The van der Waals surface area contributed by atoms with E-state index < -0.39 is 11.6 Å². The predicted molar refractivity (Wildman–Crippen MR) is 87.1 cm³/mol. The monoisotopic (exact) mass is 309 g/mol. The molecule has 1 heterocycles. The zero-order valence-electron chi connectivity index (χ0n) is 12.6. The maximum atomic E-state index is 13.9. The standard InChI is InChI=1S/C19H16FNO2/c20-15-8-4-3-7-13(15)18(22)19-17(21)14-9-11-5-1-2-6-12(11)10-16(14)23-19/h3-4,7-10H,1-2,5-6,21H2. The quantitative estimate of drug-likeness (QED) is 0.719. The Bertz CT molecular complexity index is 927. The van der Waals surface area contributed by atoms with Gasteiger partial charge >= 0.3 is 0 Å². The zero-order valence-corrected chi connectivity index (χ0v) is 12.6. The smallest absolute Gasteiger partial charge is 0.233 e. The SMILES string of the molecule is Nc1c(C(=O)c2ccccc2F)oc2cc3c(cc12)CCCC3. The topological polar surface area (TPSA) is 56.2 Å². The van der Waals surface area contributed by atoms with Crippen LogP contribution in [0.3, 0.4) is 0 Å². The number of carbonyl (C=O) groups is 1. The zero-order chi connectivity index (χ0) is 16.0.